The number of nitrogens with one attached hydrogen (secondary N) is 2. The normalized spacial score (nSPS) is 15.4. The van der Waals surface area contributed by atoms with Crippen molar-refractivity contribution in [2.75, 3.05) is 10.6 Å². The van der Waals surface area contributed by atoms with E-state index >= 15 is 0 Å². The average molecular weight is 297 g/mol. The molecule has 1 aliphatic rings. The van der Waals surface area contributed by atoms with E-state index in [9.17, 15) is 0 Å². The maximum absolute atomic E-state index is 4.66. The molecule has 2 N–H and O–H groups in total. The zero-order valence-electron chi connectivity index (χ0n) is 13.2. The smallest absolute Gasteiger partial charge is 0.225 e. The number of rotatable bonds is 7. The van der Waals surface area contributed by atoms with Crippen LogP contribution < -0.4 is 10.6 Å². The third-order valence-electron chi connectivity index (χ3n) is 3.93. The fourth-order valence-corrected chi connectivity index (χ4v) is 2.23. The van der Waals surface area contributed by atoms with Crippen molar-refractivity contribution in [2.45, 2.75) is 51.6 Å². The Morgan fingerprint density at radius 1 is 1.32 bits per heavy atom. The van der Waals surface area contributed by atoms with E-state index in [0.717, 1.165) is 36.0 Å². The minimum Gasteiger partial charge on any atom is -0.366 e. The van der Waals surface area contributed by atoms with Crippen LogP contribution in [0.4, 0.5) is 11.8 Å². The second-order valence-electron chi connectivity index (χ2n) is 5.94. The SMILES string of the molecule is CC[C@H](C)Nc1nc(NCc2cccnc2)cc(C2CC2)n1. The second kappa shape index (κ2) is 6.73. The van der Waals surface area contributed by atoms with Gasteiger partial charge in [0, 0.05) is 37.0 Å². The molecule has 2 heterocycles. The topological polar surface area (TPSA) is 62.7 Å². The first-order chi connectivity index (χ1) is 10.7. The first-order valence-corrected chi connectivity index (χ1v) is 8.03. The van der Waals surface area contributed by atoms with Crippen LogP contribution in [0, 0.1) is 0 Å². The number of hydrogen-bond donors (Lipinski definition) is 2. The van der Waals surface area contributed by atoms with Gasteiger partial charge in [-0.05, 0) is 37.8 Å². The van der Waals surface area contributed by atoms with E-state index in [0.29, 0.717) is 12.0 Å². The van der Waals surface area contributed by atoms with Crippen LogP contribution in [0.5, 0.6) is 0 Å². The minimum absolute atomic E-state index is 0.376. The van der Waals surface area contributed by atoms with E-state index in [1.807, 2.05) is 12.3 Å². The molecule has 5 nitrogen and oxygen atoms in total. The van der Waals surface area contributed by atoms with Crippen LogP contribution in [0.25, 0.3) is 0 Å². The standard InChI is InChI=1S/C17H23N5/c1-3-12(2)20-17-21-15(14-6-7-14)9-16(22-17)19-11-13-5-4-8-18-10-13/h4-5,8-10,12,14H,3,6-7,11H2,1-2H3,(H2,19,20,21,22)/t12-/m0/s1. The maximum Gasteiger partial charge on any atom is 0.225 e. The first-order valence-electron chi connectivity index (χ1n) is 8.03. The zero-order valence-corrected chi connectivity index (χ0v) is 13.2. The van der Waals surface area contributed by atoms with Gasteiger partial charge in [-0.2, -0.15) is 4.98 Å². The van der Waals surface area contributed by atoms with Gasteiger partial charge in [-0.15, -0.1) is 0 Å². The van der Waals surface area contributed by atoms with Crippen LogP contribution in [-0.2, 0) is 6.54 Å². The van der Waals surface area contributed by atoms with Crippen molar-refractivity contribution in [3.63, 3.8) is 0 Å². The van der Waals surface area contributed by atoms with Crippen LogP contribution in [0.3, 0.4) is 0 Å². The van der Waals surface area contributed by atoms with Gasteiger partial charge in [0.25, 0.3) is 0 Å². The van der Waals surface area contributed by atoms with Crippen molar-refractivity contribution in [1.29, 1.82) is 0 Å². The van der Waals surface area contributed by atoms with E-state index < -0.39 is 0 Å². The van der Waals surface area contributed by atoms with E-state index in [1.54, 1.807) is 6.20 Å². The molecule has 0 unspecified atom stereocenters. The lowest BCUT2D eigenvalue weighted by Crippen LogP contribution is -2.17. The van der Waals surface area contributed by atoms with Crippen molar-refractivity contribution >= 4 is 11.8 Å². The average Bonchev–Trinajstić information content (AvgIpc) is 3.38. The van der Waals surface area contributed by atoms with Crippen LogP contribution >= 0.6 is 0 Å². The second-order valence-corrected chi connectivity index (χ2v) is 5.94. The molecule has 0 amide bonds. The Hall–Kier alpha value is -2.17. The third kappa shape index (κ3) is 3.93. The van der Waals surface area contributed by atoms with Crippen molar-refractivity contribution in [1.82, 2.24) is 15.0 Å². The highest BCUT2D eigenvalue weighted by atomic mass is 15.2. The van der Waals surface area contributed by atoms with E-state index in [1.165, 1.54) is 12.8 Å². The summed E-state index contributed by atoms with van der Waals surface area (Å²) in [6.45, 7) is 5.03. The Bertz CT molecular complexity index is 610. The molecular weight excluding hydrogens is 274 g/mol. The summed E-state index contributed by atoms with van der Waals surface area (Å²) in [5.74, 6) is 2.22. The molecule has 1 fully saturated rings. The molecule has 3 rings (SSSR count). The van der Waals surface area contributed by atoms with E-state index in [4.69, 9.17) is 0 Å². The maximum atomic E-state index is 4.66. The highest BCUT2D eigenvalue weighted by molar-refractivity contribution is 5.44. The quantitative estimate of drug-likeness (QED) is 0.818. The summed E-state index contributed by atoms with van der Waals surface area (Å²) in [6.07, 6.45) is 7.18. The first kappa shape index (κ1) is 14.8. The van der Waals surface area contributed by atoms with Gasteiger partial charge in [0.1, 0.15) is 5.82 Å². The molecule has 1 aliphatic carbocycles. The Morgan fingerprint density at radius 2 is 2.18 bits per heavy atom. The minimum atomic E-state index is 0.376. The summed E-state index contributed by atoms with van der Waals surface area (Å²) in [5, 5.41) is 6.76. The Kier molecular flexibility index (Phi) is 4.51. The third-order valence-corrected chi connectivity index (χ3v) is 3.93. The predicted molar refractivity (Wildman–Crippen MR) is 88.9 cm³/mol. The molecule has 0 spiro atoms. The molecule has 0 radical (unpaired) electrons. The summed E-state index contributed by atoms with van der Waals surface area (Å²) >= 11 is 0. The molecule has 1 saturated carbocycles. The number of aromatic nitrogens is 3. The highest BCUT2D eigenvalue weighted by Gasteiger charge is 2.26. The molecule has 116 valence electrons. The lowest BCUT2D eigenvalue weighted by atomic mass is 10.2. The van der Waals surface area contributed by atoms with Crippen LogP contribution in [0.2, 0.25) is 0 Å². The van der Waals surface area contributed by atoms with E-state index in [2.05, 4.69) is 51.6 Å². The van der Waals surface area contributed by atoms with Gasteiger partial charge < -0.3 is 10.6 Å². The Balaban J connectivity index is 1.74. The molecular formula is C17H23N5. The summed E-state index contributed by atoms with van der Waals surface area (Å²) in [6, 6.07) is 6.46. The summed E-state index contributed by atoms with van der Waals surface area (Å²) in [5.41, 5.74) is 2.29. The molecule has 0 saturated heterocycles. The lowest BCUT2D eigenvalue weighted by Gasteiger charge is -2.14. The summed E-state index contributed by atoms with van der Waals surface area (Å²) < 4.78 is 0. The van der Waals surface area contributed by atoms with Crippen molar-refractivity contribution in [2.24, 2.45) is 0 Å². The summed E-state index contributed by atoms with van der Waals surface area (Å²) in [4.78, 5) is 13.4. The fraction of sp³-hybridized carbons (Fsp3) is 0.471. The van der Waals surface area contributed by atoms with Gasteiger partial charge in [-0.1, -0.05) is 13.0 Å². The van der Waals surface area contributed by atoms with Gasteiger partial charge >= 0.3 is 0 Å². The molecule has 22 heavy (non-hydrogen) atoms. The number of pyridine rings is 1. The summed E-state index contributed by atoms with van der Waals surface area (Å²) in [7, 11) is 0. The fourth-order valence-electron chi connectivity index (χ4n) is 2.23. The number of nitrogens with zero attached hydrogens (tertiary/aromatic N) is 3. The van der Waals surface area contributed by atoms with Crippen molar-refractivity contribution in [3.05, 3.63) is 41.9 Å². The highest BCUT2D eigenvalue weighted by Crippen LogP contribution is 2.39. The Morgan fingerprint density at radius 3 is 2.86 bits per heavy atom. The van der Waals surface area contributed by atoms with Crippen molar-refractivity contribution in [3.8, 4) is 0 Å². The van der Waals surface area contributed by atoms with Crippen LogP contribution in [-0.4, -0.2) is 21.0 Å². The van der Waals surface area contributed by atoms with Gasteiger partial charge in [0.15, 0.2) is 0 Å². The predicted octanol–water partition coefficient (Wildman–Crippen LogP) is 3.57. The van der Waals surface area contributed by atoms with Crippen LogP contribution in [0.15, 0.2) is 30.6 Å². The zero-order chi connectivity index (χ0) is 15.4. The van der Waals surface area contributed by atoms with Gasteiger partial charge in [0.05, 0.1) is 5.69 Å². The van der Waals surface area contributed by atoms with Gasteiger partial charge in [0.2, 0.25) is 5.95 Å². The number of anilines is 2. The monoisotopic (exact) mass is 297 g/mol. The van der Waals surface area contributed by atoms with Gasteiger partial charge in [-0.3, -0.25) is 4.98 Å². The largest absolute Gasteiger partial charge is 0.366 e. The molecule has 0 bridgehead atoms. The van der Waals surface area contributed by atoms with E-state index in [-0.39, 0.29) is 0 Å². The molecule has 2 aromatic rings. The number of hydrogen-bond acceptors (Lipinski definition) is 5. The van der Waals surface area contributed by atoms with Crippen molar-refractivity contribution < 1.29 is 0 Å². The molecule has 2 aromatic heterocycles. The van der Waals surface area contributed by atoms with Crippen LogP contribution in [0.1, 0.15) is 50.3 Å². The molecule has 0 aromatic carbocycles. The molecule has 0 aliphatic heterocycles. The lowest BCUT2D eigenvalue weighted by molar-refractivity contribution is 0.750. The molecule has 5 heteroatoms. The Labute approximate surface area is 131 Å². The van der Waals surface area contributed by atoms with Gasteiger partial charge in [-0.25, -0.2) is 4.98 Å². The molecule has 1 atom stereocenters.